The minimum absolute atomic E-state index is 0. The zero-order chi connectivity index (χ0) is 9.97. The second-order valence-electron chi connectivity index (χ2n) is 4.37. The quantitative estimate of drug-likeness (QED) is 0.753. The molecule has 4 heteroatoms. The van der Waals surface area contributed by atoms with Gasteiger partial charge in [-0.15, -0.1) is 12.4 Å². The maximum absolute atomic E-state index is 11.6. The summed E-state index contributed by atoms with van der Waals surface area (Å²) in [5, 5.41) is 3.31. The molecule has 1 N–H and O–H groups in total. The van der Waals surface area contributed by atoms with Gasteiger partial charge in [-0.3, -0.25) is 4.79 Å². The van der Waals surface area contributed by atoms with E-state index in [2.05, 4.69) is 5.32 Å². The van der Waals surface area contributed by atoms with Crippen LogP contribution in [0.15, 0.2) is 0 Å². The molecule has 2 aliphatic rings. The van der Waals surface area contributed by atoms with E-state index in [1.165, 1.54) is 19.3 Å². The number of carbonyl (C=O) groups excluding carboxylic acids is 1. The van der Waals surface area contributed by atoms with Crippen LogP contribution in [0.4, 0.5) is 0 Å². The minimum atomic E-state index is 0. The molecule has 88 valence electrons. The van der Waals surface area contributed by atoms with Crippen LogP contribution in [0, 0.1) is 17.8 Å². The third-order valence-corrected chi connectivity index (χ3v) is 3.61. The summed E-state index contributed by atoms with van der Waals surface area (Å²) >= 11 is 0. The van der Waals surface area contributed by atoms with Gasteiger partial charge < -0.3 is 10.1 Å². The lowest BCUT2D eigenvalue weighted by Gasteiger charge is -2.33. The lowest BCUT2D eigenvalue weighted by Crippen LogP contribution is -2.33. The Morgan fingerprint density at radius 3 is 2.67 bits per heavy atom. The molecule has 0 spiro atoms. The molecule has 0 aromatic heterocycles. The van der Waals surface area contributed by atoms with Crippen molar-refractivity contribution in [3.05, 3.63) is 0 Å². The highest BCUT2D eigenvalue weighted by atomic mass is 35.5. The average Bonchev–Trinajstić information content (AvgIpc) is 2.50. The first kappa shape index (κ1) is 12.8. The molecule has 15 heavy (non-hydrogen) atoms. The van der Waals surface area contributed by atoms with Crippen LogP contribution in [0.2, 0.25) is 0 Å². The number of esters is 1. The molecule has 0 radical (unpaired) electrons. The predicted octanol–water partition coefficient (Wildman–Crippen LogP) is 1.61. The molecular formula is C11H20ClNO2. The summed E-state index contributed by atoms with van der Waals surface area (Å²) < 4.78 is 5.10. The van der Waals surface area contributed by atoms with E-state index in [1.807, 2.05) is 6.92 Å². The Balaban J connectivity index is 0.00000112. The number of hydrogen-bond acceptors (Lipinski definition) is 3. The van der Waals surface area contributed by atoms with Crippen molar-refractivity contribution in [1.82, 2.24) is 5.32 Å². The highest BCUT2D eigenvalue weighted by Crippen LogP contribution is 2.39. The summed E-state index contributed by atoms with van der Waals surface area (Å²) in [7, 11) is 0. The topological polar surface area (TPSA) is 38.3 Å². The fraction of sp³-hybridized carbons (Fsp3) is 0.909. The van der Waals surface area contributed by atoms with E-state index in [9.17, 15) is 4.79 Å². The van der Waals surface area contributed by atoms with Crippen LogP contribution in [-0.4, -0.2) is 25.7 Å². The number of nitrogens with one attached hydrogen (secondary N) is 1. The maximum atomic E-state index is 11.6. The van der Waals surface area contributed by atoms with Crippen LogP contribution in [0.5, 0.6) is 0 Å². The van der Waals surface area contributed by atoms with Crippen molar-refractivity contribution >= 4 is 18.4 Å². The Morgan fingerprint density at radius 1 is 1.40 bits per heavy atom. The molecule has 3 nitrogen and oxygen atoms in total. The minimum Gasteiger partial charge on any atom is -0.466 e. The van der Waals surface area contributed by atoms with Gasteiger partial charge in [-0.1, -0.05) is 19.3 Å². The molecule has 0 aromatic carbocycles. The van der Waals surface area contributed by atoms with Gasteiger partial charge in [0.25, 0.3) is 0 Å². The monoisotopic (exact) mass is 233 g/mol. The largest absolute Gasteiger partial charge is 0.466 e. The molecule has 2 atom stereocenters. The van der Waals surface area contributed by atoms with Crippen LogP contribution < -0.4 is 5.32 Å². The van der Waals surface area contributed by atoms with Gasteiger partial charge >= 0.3 is 5.97 Å². The van der Waals surface area contributed by atoms with Crippen LogP contribution >= 0.6 is 12.4 Å². The first-order chi connectivity index (χ1) is 6.83. The predicted molar refractivity (Wildman–Crippen MR) is 61.1 cm³/mol. The van der Waals surface area contributed by atoms with E-state index >= 15 is 0 Å². The molecule has 1 heterocycles. The van der Waals surface area contributed by atoms with E-state index in [-0.39, 0.29) is 24.3 Å². The lowest BCUT2D eigenvalue weighted by molar-refractivity contribution is -0.149. The van der Waals surface area contributed by atoms with Crippen LogP contribution in [0.3, 0.4) is 0 Å². The number of rotatable bonds is 3. The SMILES string of the molecule is CCOC(=O)[C@@H]1CNC[C@H]1C1CCC1.Cl. The molecular weight excluding hydrogens is 214 g/mol. The molecule has 1 saturated carbocycles. The lowest BCUT2D eigenvalue weighted by atomic mass is 9.72. The van der Waals surface area contributed by atoms with E-state index in [0.29, 0.717) is 12.5 Å². The van der Waals surface area contributed by atoms with Gasteiger partial charge in [-0.25, -0.2) is 0 Å². The fourth-order valence-corrected chi connectivity index (χ4v) is 2.57. The highest BCUT2D eigenvalue weighted by molar-refractivity contribution is 5.85. The van der Waals surface area contributed by atoms with Gasteiger partial charge in [0.1, 0.15) is 0 Å². The maximum Gasteiger partial charge on any atom is 0.310 e. The van der Waals surface area contributed by atoms with Crippen molar-refractivity contribution in [1.29, 1.82) is 0 Å². The normalized spacial score (nSPS) is 30.5. The summed E-state index contributed by atoms with van der Waals surface area (Å²) in [6.45, 7) is 4.21. The van der Waals surface area contributed by atoms with Crippen molar-refractivity contribution in [2.24, 2.45) is 17.8 Å². The Labute approximate surface area is 97.4 Å². The van der Waals surface area contributed by atoms with E-state index in [1.54, 1.807) is 0 Å². The molecule has 0 amide bonds. The Bertz CT molecular complexity index is 219. The van der Waals surface area contributed by atoms with E-state index in [4.69, 9.17) is 4.74 Å². The van der Waals surface area contributed by atoms with Crippen LogP contribution in [0.1, 0.15) is 26.2 Å². The third-order valence-electron chi connectivity index (χ3n) is 3.61. The first-order valence-corrected chi connectivity index (χ1v) is 5.70. The van der Waals surface area contributed by atoms with Crippen molar-refractivity contribution in [2.75, 3.05) is 19.7 Å². The number of ether oxygens (including phenoxy) is 1. The van der Waals surface area contributed by atoms with Gasteiger partial charge in [-0.2, -0.15) is 0 Å². The second-order valence-corrected chi connectivity index (χ2v) is 4.37. The summed E-state index contributed by atoms with van der Waals surface area (Å²) in [5.41, 5.74) is 0. The highest BCUT2D eigenvalue weighted by Gasteiger charge is 2.40. The zero-order valence-electron chi connectivity index (χ0n) is 9.20. The second kappa shape index (κ2) is 5.71. The number of carbonyl (C=O) groups is 1. The Hall–Kier alpha value is -0.280. The van der Waals surface area contributed by atoms with Crippen LogP contribution in [0.25, 0.3) is 0 Å². The molecule has 0 bridgehead atoms. The molecule has 0 aromatic rings. The van der Waals surface area contributed by atoms with E-state index in [0.717, 1.165) is 19.0 Å². The average molecular weight is 234 g/mol. The van der Waals surface area contributed by atoms with Gasteiger partial charge in [0, 0.05) is 6.54 Å². The van der Waals surface area contributed by atoms with Gasteiger partial charge in [0.15, 0.2) is 0 Å². The molecule has 1 saturated heterocycles. The smallest absolute Gasteiger partial charge is 0.310 e. The zero-order valence-corrected chi connectivity index (χ0v) is 10.0. The van der Waals surface area contributed by atoms with E-state index < -0.39 is 0 Å². The molecule has 1 aliphatic heterocycles. The van der Waals surface area contributed by atoms with Gasteiger partial charge in [-0.05, 0) is 25.3 Å². The first-order valence-electron chi connectivity index (χ1n) is 5.70. The Kier molecular flexibility index (Phi) is 4.87. The van der Waals surface area contributed by atoms with Crippen LogP contribution in [-0.2, 0) is 9.53 Å². The summed E-state index contributed by atoms with van der Waals surface area (Å²) in [4.78, 5) is 11.6. The molecule has 2 fully saturated rings. The molecule has 2 rings (SSSR count). The van der Waals surface area contributed by atoms with Crippen molar-refractivity contribution in [3.63, 3.8) is 0 Å². The summed E-state index contributed by atoms with van der Waals surface area (Å²) in [6.07, 6.45) is 3.96. The summed E-state index contributed by atoms with van der Waals surface area (Å²) in [5.74, 6) is 1.46. The molecule has 1 aliphatic carbocycles. The number of halogens is 1. The molecule has 0 unspecified atom stereocenters. The van der Waals surface area contributed by atoms with Crippen molar-refractivity contribution in [2.45, 2.75) is 26.2 Å². The van der Waals surface area contributed by atoms with Crippen molar-refractivity contribution < 1.29 is 9.53 Å². The van der Waals surface area contributed by atoms with Gasteiger partial charge in [0.05, 0.1) is 12.5 Å². The standard InChI is InChI=1S/C11H19NO2.ClH/c1-2-14-11(13)10-7-12-6-9(10)8-4-3-5-8;/h8-10,12H,2-7H2,1H3;1H/t9-,10+;/m0./s1. The van der Waals surface area contributed by atoms with Crippen molar-refractivity contribution in [3.8, 4) is 0 Å². The van der Waals surface area contributed by atoms with Gasteiger partial charge in [0.2, 0.25) is 0 Å². The fourth-order valence-electron chi connectivity index (χ4n) is 2.57. The third kappa shape index (κ3) is 2.64. The number of hydrogen-bond donors (Lipinski definition) is 1. The summed E-state index contributed by atoms with van der Waals surface area (Å²) in [6, 6.07) is 0. The Morgan fingerprint density at radius 2 is 2.13 bits per heavy atom.